The second-order valence-electron chi connectivity index (χ2n) is 7.16. The average Bonchev–Trinajstić information content (AvgIpc) is 3.36. The molecule has 0 spiro atoms. The summed E-state index contributed by atoms with van der Waals surface area (Å²) in [6.07, 6.45) is 6.80. The molecule has 0 unspecified atom stereocenters. The van der Waals surface area contributed by atoms with E-state index in [2.05, 4.69) is 4.98 Å². The average molecular weight is 323 g/mol. The molecule has 4 atom stereocenters. The highest BCUT2D eigenvalue weighted by atomic mass is 16.5. The maximum absolute atomic E-state index is 12.8. The Balaban J connectivity index is 1.31. The molecule has 3 saturated heterocycles. The Morgan fingerprint density at radius 3 is 2.54 bits per heavy atom. The first kappa shape index (κ1) is 14.2. The van der Waals surface area contributed by atoms with Gasteiger partial charge in [0.2, 0.25) is 5.91 Å². The zero-order valence-electron chi connectivity index (χ0n) is 13.5. The summed E-state index contributed by atoms with van der Waals surface area (Å²) < 4.78 is 7.95. The molecule has 1 aromatic carbocycles. The molecule has 3 fully saturated rings. The third-order valence-corrected chi connectivity index (χ3v) is 5.86. The summed E-state index contributed by atoms with van der Waals surface area (Å²) in [7, 11) is 0. The van der Waals surface area contributed by atoms with Gasteiger partial charge in [-0.1, -0.05) is 30.3 Å². The molecule has 2 bridgehead atoms. The van der Waals surface area contributed by atoms with Crippen LogP contribution in [0, 0.1) is 11.8 Å². The Kier molecular flexibility index (Phi) is 3.23. The molecule has 2 aromatic rings. The molecular weight excluding hydrogens is 302 g/mol. The van der Waals surface area contributed by atoms with Gasteiger partial charge in [0.05, 0.1) is 12.2 Å². The van der Waals surface area contributed by atoms with Gasteiger partial charge in [-0.25, -0.2) is 4.98 Å². The van der Waals surface area contributed by atoms with Gasteiger partial charge >= 0.3 is 0 Å². The van der Waals surface area contributed by atoms with Crippen molar-refractivity contribution in [3.05, 3.63) is 42.7 Å². The van der Waals surface area contributed by atoms with Crippen molar-refractivity contribution in [3.8, 4) is 11.4 Å². The smallest absolute Gasteiger partial charge is 0.242 e. The van der Waals surface area contributed by atoms with Crippen LogP contribution in [0.5, 0.6) is 0 Å². The summed E-state index contributed by atoms with van der Waals surface area (Å²) in [5.74, 6) is 2.17. The van der Waals surface area contributed by atoms with Crippen LogP contribution in [-0.4, -0.2) is 45.7 Å². The molecule has 0 N–H and O–H groups in total. The third-order valence-electron chi connectivity index (χ3n) is 5.86. The van der Waals surface area contributed by atoms with Crippen molar-refractivity contribution in [2.45, 2.75) is 31.6 Å². The molecule has 5 heteroatoms. The zero-order valence-corrected chi connectivity index (χ0v) is 13.5. The van der Waals surface area contributed by atoms with E-state index < -0.39 is 0 Å². The number of amides is 1. The molecule has 1 amide bonds. The molecule has 5 rings (SSSR count). The summed E-state index contributed by atoms with van der Waals surface area (Å²) in [5.41, 5.74) is 1.04. The van der Waals surface area contributed by atoms with Crippen molar-refractivity contribution in [1.82, 2.24) is 14.5 Å². The van der Waals surface area contributed by atoms with Crippen molar-refractivity contribution in [2.24, 2.45) is 11.8 Å². The lowest BCUT2D eigenvalue weighted by Crippen LogP contribution is -2.34. The lowest BCUT2D eigenvalue weighted by atomic mass is 9.82. The van der Waals surface area contributed by atoms with Crippen LogP contribution < -0.4 is 0 Å². The number of imidazole rings is 1. The number of carbonyl (C=O) groups excluding carboxylic acids is 1. The van der Waals surface area contributed by atoms with Crippen molar-refractivity contribution < 1.29 is 9.53 Å². The summed E-state index contributed by atoms with van der Waals surface area (Å²) in [6, 6.07) is 10.0. The quantitative estimate of drug-likeness (QED) is 0.870. The van der Waals surface area contributed by atoms with E-state index in [0.29, 0.717) is 30.6 Å². The molecule has 5 nitrogen and oxygen atoms in total. The van der Waals surface area contributed by atoms with Crippen molar-refractivity contribution in [3.63, 3.8) is 0 Å². The van der Waals surface area contributed by atoms with E-state index in [1.54, 1.807) is 6.20 Å². The van der Waals surface area contributed by atoms with E-state index in [-0.39, 0.29) is 5.91 Å². The molecule has 0 radical (unpaired) electrons. The van der Waals surface area contributed by atoms with E-state index in [9.17, 15) is 4.79 Å². The van der Waals surface area contributed by atoms with Gasteiger partial charge in [0.1, 0.15) is 12.4 Å². The second-order valence-corrected chi connectivity index (χ2v) is 7.16. The SMILES string of the molecule is O=C(Cn1ccnc1-c1ccccc1)N1C[C@@H]2[C@H](C1)[C@H]1CC[C@@H]2O1. The monoisotopic (exact) mass is 323 g/mol. The number of nitrogens with zero attached hydrogens (tertiary/aromatic N) is 3. The highest BCUT2D eigenvalue weighted by Crippen LogP contribution is 2.47. The van der Waals surface area contributed by atoms with Gasteiger partial charge in [-0.2, -0.15) is 0 Å². The summed E-state index contributed by atoms with van der Waals surface area (Å²) in [6.45, 7) is 2.08. The van der Waals surface area contributed by atoms with Crippen LogP contribution in [0.4, 0.5) is 0 Å². The lowest BCUT2D eigenvalue weighted by Gasteiger charge is -2.19. The first-order valence-electron chi connectivity index (χ1n) is 8.79. The minimum absolute atomic E-state index is 0.194. The predicted octanol–water partition coefficient (Wildman–Crippen LogP) is 2.19. The van der Waals surface area contributed by atoms with Crippen molar-refractivity contribution in [1.29, 1.82) is 0 Å². The maximum Gasteiger partial charge on any atom is 0.242 e. The number of hydrogen-bond acceptors (Lipinski definition) is 3. The van der Waals surface area contributed by atoms with Crippen LogP contribution in [0.1, 0.15) is 12.8 Å². The molecule has 24 heavy (non-hydrogen) atoms. The van der Waals surface area contributed by atoms with Gasteiger partial charge in [-0.15, -0.1) is 0 Å². The molecule has 0 aliphatic carbocycles. The Morgan fingerprint density at radius 1 is 1.12 bits per heavy atom. The number of aromatic nitrogens is 2. The van der Waals surface area contributed by atoms with Gasteiger partial charge < -0.3 is 14.2 Å². The standard InChI is InChI=1S/C19H21N3O2/c23-18(22-10-14-15(11-22)17-7-6-16(14)24-17)12-21-9-8-20-19(21)13-4-2-1-3-5-13/h1-5,8-9,14-17H,6-7,10-12H2/t14-,15+,16+,17-. The van der Waals surface area contributed by atoms with Crippen LogP contribution in [0.2, 0.25) is 0 Å². The van der Waals surface area contributed by atoms with Crippen LogP contribution in [-0.2, 0) is 16.1 Å². The maximum atomic E-state index is 12.8. The van der Waals surface area contributed by atoms with Crippen LogP contribution in [0.3, 0.4) is 0 Å². The lowest BCUT2D eigenvalue weighted by molar-refractivity contribution is -0.131. The van der Waals surface area contributed by atoms with E-state index in [1.807, 2.05) is 46.0 Å². The summed E-state index contributed by atoms with van der Waals surface area (Å²) in [5, 5.41) is 0. The van der Waals surface area contributed by atoms with Crippen molar-refractivity contribution >= 4 is 5.91 Å². The number of likely N-dealkylation sites (tertiary alicyclic amines) is 1. The molecule has 1 aromatic heterocycles. The van der Waals surface area contributed by atoms with Crippen LogP contribution in [0.25, 0.3) is 11.4 Å². The van der Waals surface area contributed by atoms with Gasteiger partial charge in [0.15, 0.2) is 0 Å². The van der Waals surface area contributed by atoms with Crippen LogP contribution in [0.15, 0.2) is 42.7 Å². The van der Waals surface area contributed by atoms with Gasteiger partial charge in [-0.3, -0.25) is 4.79 Å². The zero-order chi connectivity index (χ0) is 16.1. The molecule has 3 aliphatic rings. The molecule has 0 saturated carbocycles. The minimum Gasteiger partial charge on any atom is -0.374 e. The highest BCUT2D eigenvalue weighted by Gasteiger charge is 2.53. The topological polar surface area (TPSA) is 47.4 Å². The second kappa shape index (κ2) is 5.45. The first-order valence-corrected chi connectivity index (χ1v) is 8.79. The van der Waals surface area contributed by atoms with Gasteiger partial charge in [0, 0.05) is 42.9 Å². The number of benzene rings is 1. The number of rotatable bonds is 3. The van der Waals surface area contributed by atoms with Crippen LogP contribution >= 0.6 is 0 Å². The Bertz CT molecular complexity index is 739. The minimum atomic E-state index is 0.194. The Hall–Kier alpha value is -2.14. The third kappa shape index (κ3) is 2.18. The fourth-order valence-corrected chi connectivity index (χ4v) is 4.69. The number of fused-ring (bicyclic) bond motifs is 5. The van der Waals surface area contributed by atoms with Gasteiger partial charge in [0.25, 0.3) is 0 Å². The predicted molar refractivity (Wildman–Crippen MR) is 89.1 cm³/mol. The normalized spacial score (nSPS) is 30.8. The Morgan fingerprint density at radius 2 is 1.83 bits per heavy atom. The first-order chi connectivity index (χ1) is 11.8. The van der Waals surface area contributed by atoms with Gasteiger partial charge in [-0.05, 0) is 12.8 Å². The van der Waals surface area contributed by atoms with Crippen molar-refractivity contribution in [2.75, 3.05) is 13.1 Å². The molecule has 3 aliphatic heterocycles. The number of carbonyl (C=O) groups is 1. The van der Waals surface area contributed by atoms with E-state index in [0.717, 1.165) is 24.5 Å². The molecular formula is C19H21N3O2. The fourth-order valence-electron chi connectivity index (χ4n) is 4.69. The number of ether oxygens (including phenoxy) is 1. The molecule has 4 heterocycles. The summed E-state index contributed by atoms with van der Waals surface area (Å²) >= 11 is 0. The number of hydrogen-bond donors (Lipinski definition) is 0. The van der Waals surface area contributed by atoms with E-state index in [4.69, 9.17) is 4.74 Å². The highest BCUT2D eigenvalue weighted by molar-refractivity contribution is 5.77. The fraction of sp³-hybridized carbons (Fsp3) is 0.474. The molecule has 124 valence electrons. The largest absolute Gasteiger partial charge is 0.374 e. The summed E-state index contributed by atoms with van der Waals surface area (Å²) in [4.78, 5) is 19.3. The Labute approximate surface area is 141 Å². The van der Waals surface area contributed by atoms with E-state index in [1.165, 1.54) is 12.8 Å². The van der Waals surface area contributed by atoms with E-state index >= 15 is 0 Å².